The summed E-state index contributed by atoms with van der Waals surface area (Å²) < 4.78 is 0. The first-order chi connectivity index (χ1) is 10.1. The van der Waals surface area contributed by atoms with Crippen LogP contribution in [0.4, 0.5) is 11.5 Å². The first-order valence-corrected chi connectivity index (χ1v) is 6.45. The van der Waals surface area contributed by atoms with E-state index in [1.54, 1.807) is 42.5 Å². The van der Waals surface area contributed by atoms with Crippen molar-refractivity contribution in [2.24, 2.45) is 0 Å². The molecular formula is C16H16N4O. The van der Waals surface area contributed by atoms with Crippen LogP contribution in [0.2, 0.25) is 0 Å². The average Bonchev–Trinajstić information content (AvgIpc) is 2.47. The van der Waals surface area contributed by atoms with Crippen molar-refractivity contribution in [3.8, 4) is 12.3 Å². The molecule has 5 nitrogen and oxygen atoms in total. The van der Waals surface area contributed by atoms with E-state index in [0.29, 0.717) is 11.5 Å². The summed E-state index contributed by atoms with van der Waals surface area (Å²) in [5.41, 5.74) is 2.21. The van der Waals surface area contributed by atoms with Crippen molar-refractivity contribution in [2.75, 3.05) is 23.8 Å². The highest BCUT2D eigenvalue weighted by Gasteiger charge is 2.09. The molecule has 0 aliphatic heterocycles. The number of aromatic nitrogens is 2. The maximum absolute atomic E-state index is 12.0. The molecule has 106 valence electrons. The fraction of sp³-hybridized carbons (Fsp3) is 0.188. The van der Waals surface area contributed by atoms with Gasteiger partial charge in [-0.3, -0.25) is 9.78 Å². The molecule has 1 N–H and O–H groups in total. The van der Waals surface area contributed by atoms with Gasteiger partial charge >= 0.3 is 0 Å². The molecule has 0 unspecified atom stereocenters. The lowest BCUT2D eigenvalue weighted by atomic mass is 10.2. The molecule has 2 aromatic rings. The predicted octanol–water partition coefficient (Wildman–Crippen LogP) is 1.84. The van der Waals surface area contributed by atoms with E-state index in [0.717, 1.165) is 11.3 Å². The Morgan fingerprint density at radius 1 is 1.43 bits per heavy atom. The zero-order valence-corrected chi connectivity index (χ0v) is 12.0. The monoisotopic (exact) mass is 280 g/mol. The van der Waals surface area contributed by atoms with Crippen LogP contribution < -0.4 is 10.2 Å². The summed E-state index contributed by atoms with van der Waals surface area (Å²) in [6, 6.07) is 7.17. The minimum Gasteiger partial charge on any atom is -0.349 e. The van der Waals surface area contributed by atoms with Gasteiger partial charge < -0.3 is 10.2 Å². The zero-order valence-electron chi connectivity index (χ0n) is 12.0. The van der Waals surface area contributed by atoms with Gasteiger partial charge in [0.2, 0.25) is 5.91 Å². The van der Waals surface area contributed by atoms with Gasteiger partial charge in [-0.15, -0.1) is 6.42 Å². The lowest BCUT2D eigenvalue weighted by Crippen LogP contribution is -2.30. The second-order valence-corrected chi connectivity index (χ2v) is 4.65. The van der Waals surface area contributed by atoms with E-state index in [1.165, 1.54) is 0 Å². The van der Waals surface area contributed by atoms with Gasteiger partial charge in [0, 0.05) is 24.5 Å². The van der Waals surface area contributed by atoms with E-state index in [-0.39, 0.29) is 12.5 Å². The molecule has 0 spiro atoms. The second kappa shape index (κ2) is 6.53. The summed E-state index contributed by atoms with van der Waals surface area (Å²) in [7, 11) is 1.79. The van der Waals surface area contributed by atoms with Crippen molar-refractivity contribution in [1.29, 1.82) is 0 Å². The summed E-state index contributed by atoms with van der Waals surface area (Å²) in [6.45, 7) is 2.04. The summed E-state index contributed by atoms with van der Waals surface area (Å²) >= 11 is 0. The number of hydrogen-bond donors (Lipinski definition) is 1. The van der Waals surface area contributed by atoms with Gasteiger partial charge in [-0.05, 0) is 25.1 Å². The zero-order chi connectivity index (χ0) is 15.2. The fourth-order valence-corrected chi connectivity index (χ4v) is 1.82. The van der Waals surface area contributed by atoms with E-state index >= 15 is 0 Å². The lowest BCUT2D eigenvalue weighted by Gasteiger charge is -2.17. The highest BCUT2D eigenvalue weighted by molar-refractivity contribution is 5.94. The number of amides is 1. The Kier molecular flexibility index (Phi) is 4.52. The predicted molar refractivity (Wildman–Crippen MR) is 83.0 cm³/mol. The van der Waals surface area contributed by atoms with Crippen LogP contribution in [0.3, 0.4) is 0 Å². The van der Waals surface area contributed by atoms with Gasteiger partial charge in [0.15, 0.2) is 0 Å². The first-order valence-electron chi connectivity index (χ1n) is 6.45. The molecule has 0 radical (unpaired) electrons. The van der Waals surface area contributed by atoms with Gasteiger partial charge in [-0.1, -0.05) is 12.0 Å². The molecule has 0 aliphatic carbocycles. The number of nitrogens with zero attached hydrogens (tertiary/aromatic N) is 3. The number of rotatable bonds is 4. The molecule has 1 aromatic carbocycles. The number of nitrogens with one attached hydrogen (secondary N) is 1. The fourth-order valence-electron chi connectivity index (χ4n) is 1.82. The van der Waals surface area contributed by atoms with Crippen LogP contribution in [0.5, 0.6) is 0 Å². The number of carbonyl (C=O) groups excluding carboxylic acids is 1. The molecule has 21 heavy (non-hydrogen) atoms. The topological polar surface area (TPSA) is 58.1 Å². The Bertz CT molecular complexity index is 691. The van der Waals surface area contributed by atoms with E-state index in [2.05, 4.69) is 21.2 Å². The number of hydrogen-bond acceptors (Lipinski definition) is 4. The SMILES string of the molecule is C#Cc1cccc(NC(=O)CN(C)c2cncc(C)n2)c1. The van der Waals surface area contributed by atoms with Gasteiger partial charge in [0.1, 0.15) is 5.82 Å². The summed E-state index contributed by atoms with van der Waals surface area (Å²) in [4.78, 5) is 22.1. The number of carbonyl (C=O) groups is 1. The molecule has 0 bridgehead atoms. The minimum absolute atomic E-state index is 0.144. The molecule has 1 amide bonds. The number of terminal acetylenes is 1. The third-order valence-electron chi connectivity index (χ3n) is 2.83. The Balaban J connectivity index is 2.00. The van der Waals surface area contributed by atoms with E-state index < -0.39 is 0 Å². The molecule has 0 fully saturated rings. The molecule has 0 aliphatic rings. The minimum atomic E-state index is -0.144. The molecule has 1 aromatic heterocycles. The third kappa shape index (κ3) is 4.05. The van der Waals surface area contributed by atoms with Crippen molar-refractivity contribution in [3.05, 3.63) is 47.9 Å². The van der Waals surface area contributed by atoms with Crippen molar-refractivity contribution in [1.82, 2.24) is 9.97 Å². The van der Waals surface area contributed by atoms with Crippen LogP contribution in [0.15, 0.2) is 36.7 Å². The van der Waals surface area contributed by atoms with Crippen molar-refractivity contribution >= 4 is 17.4 Å². The van der Waals surface area contributed by atoms with Crippen LogP contribution in [0, 0.1) is 19.3 Å². The average molecular weight is 280 g/mol. The van der Waals surface area contributed by atoms with Crippen LogP contribution in [0.1, 0.15) is 11.3 Å². The Hall–Kier alpha value is -2.87. The maximum Gasteiger partial charge on any atom is 0.243 e. The van der Waals surface area contributed by atoms with Crippen molar-refractivity contribution < 1.29 is 4.79 Å². The highest BCUT2D eigenvalue weighted by atomic mass is 16.2. The number of aryl methyl sites for hydroxylation is 1. The van der Waals surface area contributed by atoms with E-state index in [9.17, 15) is 4.79 Å². The number of likely N-dealkylation sites (N-methyl/N-ethyl adjacent to an activating group) is 1. The van der Waals surface area contributed by atoms with Gasteiger partial charge in [-0.25, -0.2) is 4.98 Å². The molecule has 2 rings (SSSR count). The van der Waals surface area contributed by atoms with Crippen LogP contribution in [-0.4, -0.2) is 29.5 Å². The molecular weight excluding hydrogens is 264 g/mol. The van der Waals surface area contributed by atoms with E-state index in [1.807, 2.05) is 13.0 Å². The van der Waals surface area contributed by atoms with Crippen LogP contribution >= 0.6 is 0 Å². The second-order valence-electron chi connectivity index (χ2n) is 4.65. The largest absolute Gasteiger partial charge is 0.349 e. The summed E-state index contributed by atoms with van der Waals surface area (Å²) in [6.07, 6.45) is 8.63. The maximum atomic E-state index is 12.0. The quantitative estimate of drug-likeness (QED) is 0.868. The molecule has 0 atom stereocenters. The third-order valence-corrected chi connectivity index (χ3v) is 2.83. The summed E-state index contributed by atoms with van der Waals surface area (Å²) in [5, 5.41) is 2.81. The summed E-state index contributed by atoms with van der Waals surface area (Å²) in [5.74, 6) is 3.05. The first kappa shape index (κ1) is 14.5. The molecule has 0 saturated heterocycles. The van der Waals surface area contributed by atoms with E-state index in [4.69, 9.17) is 6.42 Å². The van der Waals surface area contributed by atoms with Crippen LogP contribution in [-0.2, 0) is 4.79 Å². The highest BCUT2D eigenvalue weighted by Crippen LogP contribution is 2.11. The Morgan fingerprint density at radius 2 is 2.24 bits per heavy atom. The standard InChI is InChI=1S/C16H16N4O/c1-4-13-6-5-7-14(8-13)19-16(21)11-20(3)15-10-17-9-12(2)18-15/h1,5-10H,11H2,2-3H3,(H,19,21). The lowest BCUT2D eigenvalue weighted by molar-refractivity contribution is -0.114. The van der Waals surface area contributed by atoms with Crippen LogP contribution in [0.25, 0.3) is 0 Å². The van der Waals surface area contributed by atoms with Gasteiger partial charge in [0.05, 0.1) is 18.4 Å². The van der Waals surface area contributed by atoms with Gasteiger partial charge in [-0.2, -0.15) is 0 Å². The van der Waals surface area contributed by atoms with Crippen molar-refractivity contribution in [3.63, 3.8) is 0 Å². The molecule has 1 heterocycles. The number of benzene rings is 1. The van der Waals surface area contributed by atoms with Crippen molar-refractivity contribution in [2.45, 2.75) is 6.92 Å². The molecule has 0 saturated carbocycles. The Labute approximate surface area is 124 Å². The molecule has 5 heteroatoms. The smallest absolute Gasteiger partial charge is 0.243 e. The number of anilines is 2. The normalized spacial score (nSPS) is 9.76. The Morgan fingerprint density at radius 3 is 2.95 bits per heavy atom. The van der Waals surface area contributed by atoms with Gasteiger partial charge in [0.25, 0.3) is 0 Å².